The van der Waals surface area contributed by atoms with Crippen molar-refractivity contribution in [2.45, 2.75) is 57.9 Å². The summed E-state index contributed by atoms with van der Waals surface area (Å²) in [6, 6.07) is 7.74. The Morgan fingerprint density at radius 3 is 2.70 bits per heavy atom. The molecular formula is C18H28N2. The molecule has 1 saturated heterocycles. The van der Waals surface area contributed by atoms with E-state index in [9.17, 15) is 0 Å². The van der Waals surface area contributed by atoms with Crippen molar-refractivity contribution in [1.29, 1.82) is 0 Å². The van der Waals surface area contributed by atoms with Crippen LogP contribution in [0, 0.1) is 0 Å². The molecule has 2 aliphatic heterocycles. The van der Waals surface area contributed by atoms with Crippen LogP contribution < -0.4 is 5.32 Å². The van der Waals surface area contributed by atoms with E-state index in [0.717, 1.165) is 6.54 Å². The Kier molecular flexibility index (Phi) is 4.62. The second-order valence-corrected chi connectivity index (χ2v) is 6.53. The van der Waals surface area contributed by atoms with Crippen LogP contribution in [0.2, 0.25) is 0 Å². The fraction of sp³-hybridized carbons (Fsp3) is 0.667. The standard InChI is InChI=1S/C18H28N2/c1-15(20-11-4-2-3-5-12-20)13-16-8-9-18-17(14-16)7-6-10-19-18/h8-9,14-15,19H,2-7,10-13H2,1H3. The van der Waals surface area contributed by atoms with Crippen molar-refractivity contribution >= 4 is 5.69 Å². The molecule has 0 aromatic heterocycles. The highest BCUT2D eigenvalue weighted by Gasteiger charge is 2.17. The summed E-state index contributed by atoms with van der Waals surface area (Å²) in [5.74, 6) is 0. The molecule has 2 nitrogen and oxygen atoms in total. The number of fused-ring (bicyclic) bond motifs is 1. The van der Waals surface area contributed by atoms with Gasteiger partial charge in [-0.3, -0.25) is 0 Å². The lowest BCUT2D eigenvalue weighted by Gasteiger charge is -2.28. The average molecular weight is 272 g/mol. The quantitative estimate of drug-likeness (QED) is 0.899. The second-order valence-electron chi connectivity index (χ2n) is 6.53. The van der Waals surface area contributed by atoms with E-state index in [-0.39, 0.29) is 0 Å². The molecule has 1 unspecified atom stereocenters. The van der Waals surface area contributed by atoms with E-state index >= 15 is 0 Å². The molecule has 1 atom stereocenters. The van der Waals surface area contributed by atoms with Crippen LogP contribution in [0.3, 0.4) is 0 Å². The molecule has 2 aliphatic rings. The van der Waals surface area contributed by atoms with Gasteiger partial charge in [0.25, 0.3) is 0 Å². The third-order valence-corrected chi connectivity index (χ3v) is 4.90. The minimum Gasteiger partial charge on any atom is -0.385 e. The van der Waals surface area contributed by atoms with Gasteiger partial charge in [-0.2, -0.15) is 0 Å². The zero-order valence-electron chi connectivity index (χ0n) is 12.8. The summed E-state index contributed by atoms with van der Waals surface area (Å²) in [6.07, 6.45) is 9.35. The van der Waals surface area contributed by atoms with Gasteiger partial charge in [-0.25, -0.2) is 0 Å². The first-order valence-corrected chi connectivity index (χ1v) is 8.42. The SMILES string of the molecule is CC(Cc1ccc2c(c1)CCCN2)N1CCCCCC1. The molecule has 20 heavy (non-hydrogen) atoms. The van der Waals surface area contributed by atoms with Gasteiger partial charge in [0.05, 0.1) is 0 Å². The van der Waals surface area contributed by atoms with Crippen LogP contribution in [0.4, 0.5) is 5.69 Å². The van der Waals surface area contributed by atoms with E-state index < -0.39 is 0 Å². The van der Waals surface area contributed by atoms with Crippen LogP contribution in [0.1, 0.15) is 50.2 Å². The van der Waals surface area contributed by atoms with Crippen LogP contribution in [0.5, 0.6) is 0 Å². The highest BCUT2D eigenvalue weighted by atomic mass is 15.1. The fourth-order valence-corrected chi connectivity index (χ4v) is 3.66. The number of anilines is 1. The Bertz CT molecular complexity index is 433. The molecule has 0 aliphatic carbocycles. The summed E-state index contributed by atoms with van der Waals surface area (Å²) in [4.78, 5) is 2.70. The Hall–Kier alpha value is -1.02. The van der Waals surface area contributed by atoms with Gasteiger partial charge in [-0.05, 0) is 69.3 Å². The van der Waals surface area contributed by atoms with Gasteiger partial charge in [-0.1, -0.05) is 25.0 Å². The maximum Gasteiger partial charge on any atom is 0.0372 e. The highest BCUT2D eigenvalue weighted by Crippen LogP contribution is 2.24. The van der Waals surface area contributed by atoms with Crippen LogP contribution in [-0.2, 0) is 12.8 Å². The van der Waals surface area contributed by atoms with Crippen molar-refractivity contribution in [3.63, 3.8) is 0 Å². The minimum absolute atomic E-state index is 0.683. The predicted molar refractivity (Wildman–Crippen MR) is 86.5 cm³/mol. The van der Waals surface area contributed by atoms with Crippen molar-refractivity contribution in [3.05, 3.63) is 29.3 Å². The molecule has 1 fully saturated rings. The van der Waals surface area contributed by atoms with Crippen LogP contribution in [0.25, 0.3) is 0 Å². The van der Waals surface area contributed by atoms with Crippen molar-refractivity contribution in [2.24, 2.45) is 0 Å². The lowest BCUT2D eigenvalue weighted by Crippen LogP contribution is -2.35. The van der Waals surface area contributed by atoms with Crippen molar-refractivity contribution in [2.75, 3.05) is 25.0 Å². The summed E-state index contributed by atoms with van der Waals surface area (Å²) in [7, 11) is 0. The number of hydrogen-bond acceptors (Lipinski definition) is 2. The first kappa shape index (κ1) is 13.9. The number of hydrogen-bond donors (Lipinski definition) is 1. The molecule has 1 N–H and O–H groups in total. The van der Waals surface area contributed by atoms with Crippen LogP contribution in [-0.4, -0.2) is 30.6 Å². The van der Waals surface area contributed by atoms with Gasteiger partial charge in [0.2, 0.25) is 0 Å². The van der Waals surface area contributed by atoms with E-state index in [4.69, 9.17) is 0 Å². The van der Waals surface area contributed by atoms with Crippen LogP contribution >= 0.6 is 0 Å². The molecule has 110 valence electrons. The van der Waals surface area contributed by atoms with E-state index in [1.54, 1.807) is 0 Å². The third kappa shape index (κ3) is 3.35. The van der Waals surface area contributed by atoms with Gasteiger partial charge in [-0.15, -0.1) is 0 Å². The average Bonchev–Trinajstić information content (AvgIpc) is 2.76. The maximum absolute atomic E-state index is 3.50. The van der Waals surface area contributed by atoms with E-state index in [1.807, 2.05) is 0 Å². The van der Waals surface area contributed by atoms with Gasteiger partial charge < -0.3 is 10.2 Å². The van der Waals surface area contributed by atoms with Gasteiger partial charge >= 0.3 is 0 Å². The molecular weight excluding hydrogens is 244 g/mol. The number of rotatable bonds is 3. The monoisotopic (exact) mass is 272 g/mol. The summed E-state index contributed by atoms with van der Waals surface area (Å²) in [5.41, 5.74) is 4.41. The van der Waals surface area contributed by atoms with E-state index in [0.29, 0.717) is 6.04 Å². The smallest absolute Gasteiger partial charge is 0.0372 e. The zero-order valence-corrected chi connectivity index (χ0v) is 12.8. The van der Waals surface area contributed by atoms with E-state index in [1.165, 1.54) is 74.8 Å². The first-order chi connectivity index (χ1) is 9.83. The number of nitrogens with one attached hydrogen (secondary N) is 1. The lowest BCUT2D eigenvalue weighted by molar-refractivity contribution is 0.216. The molecule has 0 amide bonds. The van der Waals surface area contributed by atoms with Crippen molar-refractivity contribution in [1.82, 2.24) is 4.90 Å². The zero-order chi connectivity index (χ0) is 13.8. The van der Waals surface area contributed by atoms with Crippen LogP contribution in [0.15, 0.2) is 18.2 Å². The van der Waals surface area contributed by atoms with Gasteiger partial charge in [0.15, 0.2) is 0 Å². The van der Waals surface area contributed by atoms with Crippen molar-refractivity contribution in [3.8, 4) is 0 Å². The maximum atomic E-state index is 3.50. The number of benzene rings is 1. The molecule has 1 aromatic rings. The third-order valence-electron chi connectivity index (χ3n) is 4.90. The largest absolute Gasteiger partial charge is 0.385 e. The molecule has 0 saturated carbocycles. The van der Waals surface area contributed by atoms with Gasteiger partial charge in [0, 0.05) is 18.3 Å². The molecule has 1 aromatic carbocycles. The summed E-state index contributed by atoms with van der Waals surface area (Å²) in [5, 5.41) is 3.50. The Labute approximate surface area is 123 Å². The van der Waals surface area contributed by atoms with E-state index in [2.05, 4.69) is 35.3 Å². The minimum atomic E-state index is 0.683. The molecule has 3 rings (SSSR count). The highest BCUT2D eigenvalue weighted by molar-refractivity contribution is 5.54. The Morgan fingerprint density at radius 2 is 1.90 bits per heavy atom. The Morgan fingerprint density at radius 1 is 1.10 bits per heavy atom. The summed E-state index contributed by atoms with van der Waals surface area (Å²) in [6.45, 7) is 6.14. The lowest BCUT2D eigenvalue weighted by atomic mass is 9.97. The number of nitrogens with zero attached hydrogens (tertiary/aromatic N) is 1. The van der Waals surface area contributed by atoms with Crippen molar-refractivity contribution < 1.29 is 0 Å². The topological polar surface area (TPSA) is 15.3 Å². The Balaban J connectivity index is 1.64. The molecule has 0 bridgehead atoms. The molecule has 2 heteroatoms. The molecule has 0 radical (unpaired) electrons. The molecule has 0 spiro atoms. The number of likely N-dealkylation sites (tertiary alicyclic amines) is 1. The summed E-state index contributed by atoms with van der Waals surface area (Å²) >= 11 is 0. The molecule has 2 heterocycles. The summed E-state index contributed by atoms with van der Waals surface area (Å²) < 4.78 is 0. The normalized spacial score (nSPS) is 21.6. The number of aryl methyl sites for hydroxylation is 1. The predicted octanol–water partition coefficient (Wildman–Crippen LogP) is 3.85. The first-order valence-electron chi connectivity index (χ1n) is 8.42. The fourth-order valence-electron chi connectivity index (χ4n) is 3.66. The van der Waals surface area contributed by atoms with Gasteiger partial charge in [0.1, 0.15) is 0 Å². The second kappa shape index (κ2) is 6.62.